The number of benzene rings is 1. The van der Waals surface area contributed by atoms with Gasteiger partial charge in [-0.15, -0.1) is 0 Å². The Labute approximate surface area is 129 Å². The van der Waals surface area contributed by atoms with Crippen molar-refractivity contribution in [2.45, 2.75) is 25.8 Å². The number of ether oxygens (including phenoxy) is 1. The molecule has 0 amide bonds. The smallest absolute Gasteiger partial charge is 0.228 e. The lowest BCUT2D eigenvalue weighted by molar-refractivity contribution is 0.162. The van der Waals surface area contributed by atoms with Crippen LogP contribution in [0.15, 0.2) is 28.8 Å². The summed E-state index contributed by atoms with van der Waals surface area (Å²) in [5.74, 6) is 1.29. The van der Waals surface area contributed by atoms with Gasteiger partial charge in [0.25, 0.3) is 0 Å². The average molecular weight is 310 g/mol. The number of likely N-dealkylation sites (N-methyl/N-ethyl adjacent to an activating group) is 1. The molecule has 1 unspecified atom stereocenters. The summed E-state index contributed by atoms with van der Waals surface area (Å²) >= 11 is 5.97. The van der Waals surface area contributed by atoms with E-state index in [0.29, 0.717) is 36.2 Å². The number of methoxy groups -OCH3 is 1. The van der Waals surface area contributed by atoms with Crippen LogP contribution < -0.4 is 5.32 Å². The van der Waals surface area contributed by atoms with Gasteiger partial charge in [0, 0.05) is 31.0 Å². The van der Waals surface area contributed by atoms with Crippen molar-refractivity contribution in [1.29, 1.82) is 0 Å². The quantitative estimate of drug-likeness (QED) is 0.812. The predicted molar refractivity (Wildman–Crippen MR) is 81.6 cm³/mol. The Balaban J connectivity index is 1.97. The third-order valence-corrected chi connectivity index (χ3v) is 3.28. The molecule has 0 aliphatic heterocycles. The number of hydrogen-bond donors (Lipinski definition) is 1. The van der Waals surface area contributed by atoms with Crippen molar-refractivity contribution in [3.63, 3.8) is 0 Å². The van der Waals surface area contributed by atoms with Crippen molar-refractivity contribution in [2.75, 3.05) is 20.3 Å². The van der Waals surface area contributed by atoms with E-state index >= 15 is 0 Å². The van der Waals surface area contributed by atoms with Crippen molar-refractivity contribution < 1.29 is 9.26 Å². The molecule has 1 N–H and O–H groups in total. The molecule has 0 saturated heterocycles. The van der Waals surface area contributed by atoms with Crippen molar-refractivity contribution in [3.8, 4) is 0 Å². The van der Waals surface area contributed by atoms with E-state index in [1.807, 2.05) is 24.3 Å². The molecule has 0 radical (unpaired) electrons. The maximum Gasteiger partial charge on any atom is 0.228 e. The summed E-state index contributed by atoms with van der Waals surface area (Å²) in [6.07, 6.45) is 1.27. The highest BCUT2D eigenvalue weighted by molar-refractivity contribution is 6.30. The van der Waals surface area contributed by atoms with E-state index in [2.05, 4.69) is 22.4 Å². The monoisotopic (exact) mass is 309 g/mol. The maximum absolute atomic E-state index is 5.97. The number of aromatic nitrogens is 2. The molecular formula is C15H20ClN3O2. The van der Waals surface area contributed by atoms with Gasteiger partial charge in [-0.2, -0.15) is 4.98 Å². The van der Waals surface area contributed by atoms with Crippen LogP contribution in [0.2, 0.25) is 5.02 Å². The molecule has 5 nitrogen and oxygen atoms in total. The van der Waals surface area contributed by atoms with E-state index in [1.165, 1.54) is 0 Å². The molecule has 0 bridgehead atoms. The third-order valence-electron chi connectivity index (χ3n) is 3.04. The Bertz CT molecular complexity index is 553. The van der Waals surface area contributed by atoms with Crippen LogP contribution >= 0.6 is 11.6 Å². The molecule has 1 aromatic heterocycles. The molecule has 2 rings (SSSR count). The topological polar surface area (TPSA) is 60.2 Å². The fourth-order valence-corrected chi connectivity index (χ4v) is 2.38. The second-order valence-corrected chi connectivity index (χ2v) is 5.26. The largest absolute Gasteiger partial charge is 0.383 e. The van der Waals surface area contributed by atoms with Crippen LogP contribution in [0.4, 0.5) is 0 Å². The summed E-state index contributed by atoms with van der Waals surface area (Å²) in [5, 5.41) is 8.06. The molecule has 0 aliphatic carbocycles. The first-order chi connectivity index (χ1) is 10.2. The first-order valence-electron chi connectivity index (χ1n) is 6.99. The van der Waals surface area contributed by atoms with Gasteiger partial charge in [0.15, 0.2) is 5.82 Å². The molecule has 0 spiro atoms. The van der Waals surface area contributed by atoms with Crippen LogP contribution in [0.25, 0.3) is 0 Å². The van der Waals surface area contributed by atoms with Gasteiger partial charge in [0.2, 0.25) is 5.89 Å². The van der Waals surface area contributed by atoms with Crippen LogP contribution in [0.1, 0.15) is 24.2 Å². The Morgan fingerprint density at radius 3 is 3.00 bits per heavy atom. The maximum atomic E-state index is 5.97. The van der Waals surface area contributed by atoms with Crippen LogP contribution in [-0.4, -0.2) is 36.4 Å². The fourth-order valence-electron chi connectivity index (χ4n) is 2.17. The third kappa shape index (κ3) is 5.12. The van der Waals surface area contributed by atoms with E-state index in [-0.39, 0.29) is 6.04 Å². The highest BCUT2D eigenvalue weighted by Crippen LogP contribution is 2.13. The summed E-state index contributed by atoms with van der Waals surface area (Å²) in [6.45, 7) is 3.54. The van der Waals surface area contributed by atoms with Crippen molar-refractivity contribution in [2.24, 2.45) is 0 Å². The summed E-state index contributed by atoms with van der Waals surface area (Å²) in [4.78, 5) is 4.42. The van der Waals surface area contributed by atoms with Crippen molar-refractivity contribution >= 4 is 11.6 Å². The van der Waals surface area contributed by atoms with Gasteiger partial charge in [-0.3, -0.25) is 0 Å². The molecular weight excluding hydrogens is 290 g/mol. The van der Waals surface area contributed by atoms with E-state index in [1.54, 1.807) is 7.11 Å². The second kappa shape index (κ2) is 8.12. The highest BCUT2D eigenvalue weighted by Gasteiger charge is 2.14. The van der Waals surface area contributed by atoms with Gasteiger partial charge in [-0.1, -0.05) is 35.8 Å². The molecule has 0 fully saturated rings. The first-order valence-corrected chi connectivity index (χ1v) is 7.37. The van der Waals surface area contributed by atoms with Gasteiger partial charge in [-0.05, 0) is 24.2 Å². The Kier molecular flexibility index (Phi) is 6.17. The minimum atomic E-state index is 0.180. The van der Waals surface area contributed by atoms with Gasteiger partial charge < -0.3 is 14.6 Å². The van der Waals surface area contributed by atoms with E-state index in [9.17, 15) is 0 Å². The molecule has 6 heteroatoms. The van der Waals surface area contributed by atoms with E-state index in [0.717, 1.165) is 12.1 Å². The number of rotatable bonds is 8. The number of hydrogen-bond acceptors (Lipinski definition) is 5. The normalized spacial score (nSPS) is 12.5. The Morgan fingerprint density at radius 1 is 1.43 bits per heavy atom. The van der Waals surface area contributed by atoms with Crippen molar-refractivity contribution in [1.82, 2.24) is 15.5 Å². The molecule has 0 saturated carbocycles. The molecule has 0 aliphatic rings. The van der Waals surface area contributed by atoms with Gasteiger partial charge >= 0.3 is 0 Å². The molecule has 114 valence electrons. The SMILES string of the molecule is CCNC(COC)Cc1nc(Cc2cccc(Cl)c2)no1. The van der Waals surface area contributed by atoms with Crippen LogP contribution in [0.5, 0.6) is 0 Å². The zero-order valence-electron chi connectivity index (χ0n) is 12.3. The number of halogens is 1. The summed E-state index contributed by atoms with van der Waals surface area (Å²) in [6, 6.07) is 7.84. The molecule has 21 heavy (non-hydrogen) atoms. The lowest BCUT2D eigenvalue weighted by Gasteiger charge is -2.14. The van der Waals surface area contributed by atoms with Gasteiger partial charge in [-0.25, -0.2) is 0 Å². The molecule has 1 aromatic carbocycles. The van der Waals surface area contributed by atoms with Crippen LogP contribution in [-0.2, 0) is 17.6 Å². The summed E-state index contributed by atoms with van der Waals surface area (Å²) < 4.78 is 10.5. The van der Waals surface area contributed by atoms with Crippen molar-refractivity contribution in [3.05, 3.63) is 46.6 Å². The lowest BCUT2D eigenvalue weighted by Crippen LogP contribution is -2.35. The minimum absolute atomic E-state index is 0.180. The lowest BCUT2D eigenvalue weighted by atomic mass is 10.1. The average Bonchev–Trinajstić information content (AvgIpc) is 2.86. The molecule has 1 atom stereocenters. The number of nitrogens with one attached hydrogen (secondary N) is 1. The summed E-state index contributed by atoms with van der Waals surface area (Å²) in [5.41, 5.74) is 1.06. The minimum Gasteiger partial charge on any atom is -0.383 e. The first kappa shape index (κ1) is 15.9. The van der Waals surface area contributed by atoms with Gasteiger partial charge in [0.05, 0.1) is 6.61 Å². The summed E-state index contributed by atoms with van der Waals surface area (Å²) in [7, 11) is 1.68. The van der Waals surface area contributed by atoms with Crippen LogP contribution in [0.3, 0.4) is 0 Å². The van der Waals surface area contributed by atoms with E-state index < -0.39 is 0 Å². The Morgan fingerprint density at radius 2 is 2.29 bits per heavy atom. The molecule has 1 heterocycles. The second-order valence-electron chi connectivity index (χ2n) is 4.83. The number of nitrogens with zero attached hydrogens (tertiary/aromatic N) is 2. The fraction of sp³-hybridized carbons (Fsp3) is 0.467. The zero-order chi connectivity index (χ0) is 15.1. The Hall–Kier alpha value is -1.43. The van der Waals surface area contributed by atoms with E-state index in [4.69, 9.17) is 20.9 Å². The highest BCUT2D eigenvalue weighted by atomic mass is 35.5. The van der Waals surface area contributed by atoms with Crippen LogP contribution in [0, 0.1) is 0 Å². The molecule has 2 aromatic rings. The standard InChI is InChI=1S/C15H20ClN3O2/c1-3-17-13(10-20-2)9-15-18-14(19-21-15)8-11-5-4-6-12(16)7-11/h4-7,13,17H,3,8-10H2,1-2H3. The zero-order valence-corrected chi connectivity index (χ0v) is 13.1. The predicted octanol–water partition coefficient (Wildman–Crippen LogP) is 2.48. The van der Waals surface area contributed by atoms with Gasteiger partial charge in [0.1, 0.15) is 0 Å².